The minimum Gasteiger partial charge on any atom is -0.301 e. The highest BCUT2D eigenvalue weighted by Crippen LogP contribution is 2.13. The summed E-state index contributed by atoms with van der Waals surface area (Å²) >= 11 is 0. The molecule has 0 aromatic heterocycles. The Hall–Kier alpha value is -0.0400. The van der Waals surface area contributed by atoms with Crippen molar-refractivity contribution in [3.05, 3.63) is 0 Å². The Morgan fingerprint density at radius 3 is 2.30 bits per heavy atom. The van der Waals surface area contributed by atoms with Crippen LogP contribution in [-0.4, -0.2) is 24.0 Å². The minimum absolute atomic E-state index is 0.820. The summed E-state index contributed by atoms with van der Waals surface area (Å²) in [5.74, 6) is 0. The second-order valence-electron chi connectivity index (χ2n) is 3.35. The molecular weight excluding hydrogens is 122 g/mol. The van der Waals surface area contributed by atoms with Crippen molar-refractivity contribution in [2.24, 2.45) is 0 Å². The fourth-order valence-corrected chi connectivity index (χ4v) is 1.62. The molecule has 1 aliphatic heterocycles. The maximum absolute atomic E-state index is 2.61. The molecule has 0 aliphatic carbocycles. The van der Waals surface area contributed by atoms with Crippen LogP contribution in [0.1, 0.15) is 39.5 Å². The average molecular weight is 141 g/mol. The van der Waals surface area contributed by atoms with Crippen LogP contribution in [0.2, 0.25) is 0 Å². The zero-order valence-electron chi connectivity index (χ0n) is 7.27. The van der Waals surface area contributed by atoms with Crippen LogP contribution in [0, 0.1) is 0 Å². The average Bonchev–Trinajstić information content (AvgIpc) is 2.05. The lowest BCUT2D eigenvalue weighted by atomic mass is 10.1. The van der Waals surface area contributed by atoms with E-state index in [-0.39, 0.29) is 0 Å². The molecule has 0 aromatic rings. The van der Waals surface area contributed by atoms with Crippen LogP contribution >= 0.6 is 0 Å². The third-order valence-electron chi connectivity index (χ3n) is 2.60. The highest BCUT2D eigenvalue weighted by Gasteiger charge is 2.13. The van der Waals surface area contributed by atoms with E-state index < -0.39 is 0 Å². The first-order valence-electron chi connectivity index (χ1n) is 4.58. The standard InChI is InChI=1S/C9H19N/c1-3-9(2)10-7-5-4-6-8-10/h9H,3-8H2,1-2H3. The van der Waals surface area contributed by atoms with Crippen molar-refractivity contribution >= 4 is 0 Å². The molecule has 1 rings (SSSR count). The molecule has 1 atom stereocenters. The molecule has 0 aromatic carbocycles. The summed E-state index contributed by atoms with van der Waals surface area (Å²) in [4.78, 5) is 2.61. The molecule has 0 amide bonds. The monoisotopic (exact) mass is 141 g/mol. The van der Waals surface area contributed by atoms with Crippen LogP contribution in [0.15, 0.2) is 0 Å². The molecule has 1 heterocycles. The lowest BCUT2D eigenvalue weighted by molar-refractivity contribution is 0.170. The Morgan fingerprint density at radius 2 is 1.80 bits per heavy atom. The lowest BCUT2D eigenvalue weighted by Crippen LogP contribution is -2.36. The maximum Gasteiger partial charge on any atom is 0.00643 e. The second-order valence-corrected chi connectivity index (χ2v) is 3.35. The van der Waals surface area contributed by atoms with E-state index >= 15 is 0 Å². The van der Waals surface area contributed by atoms with E-state index in [1.54, 1.807) is 0 Å². The first kappa shape index (κ1) is 8.06. The van der Waals surface area contributed by atoms with Crippen LogP contribution in [0.4, 0.5) is 0 Å². The molecule has 60 valence electrons. The van der Waals surface area contributed by atoms with Gasteiger partial charge in [0.1, 0.15) is 0 Å². The van der Waals surface area contributed by atoms with Gasteiger partial charge in [0.05, 0.1) is 0 Å². The molecule has 1 aliphatic rings. The molecule has 0 bridgehead atoms. The van der Waals surface area contributed by atoms with Crippen molar-refractivity contribution < 1.29 is 0 Å². The van der Waals surface area contributed by atoms with Gasteiger partial charge in [-0.2, -0.15) is 0 Å². The van der Waals surface area contributed by atoms with Gasteiger partial charge in [-0.25, -0.2) is 0 Å². The first-order valence-corrected chi connectivity index (χ1v) is 4.58. The van der Waals surface area contributed by atoms with E-state index in [2.05, 4.69) is 18.7 Å². The number of hydrogen-bond donors (Lipinski definition) is 0. The summed E-state index contributed by atoms with van der Waals surface area (Å²) in [7, 11) is 0. The summed E-state index contributed by atoms with van der Waals surface area (Å²) in [6, 6.07) is 0.820. The van der Waals surface area contributed by atoms with Crippen molar-refractivity contribution in [1.29, 1.82) is 0 Å². The van der Waals surface area contributed by atoms with Gasteiger partial charge in [0, 0.05) is 6.04 Å². The lowest BCUT2D eigenvalue weighted by Gasteiger charge is -2.31. The van der Waals surface area contributed by atoms with Crippen molar-refractivity contribution in [3.8, 4) is 0 Å². The van der Waals surface area contributed by atoms with Crippen molar-refractivity contribution in [2.75, 3.05) is 13.1 Å². The number of likely N-dealkylation sites (tertiary alicyclic amines) is 1. The molecule has 1 heteroatoms. The fraction of sp³-hybridized carbons (Fsp3) is 1.00. The second kappa shape index (κ2) is 3.97. The van der Waals surface area contributed by atoms with Crippen molar-refractivity contribution in [1.82, 2.24) is 4.90 Å². The number of nitrogens with zero attached hydrogens (tertiary/aromatic N) is 1. The molecule has 10 heavy (non-hydrogen) atoms. The van der Waals surface area contributed by atoms with E-state index in [1.165, 1.54) is 38.8 Å². The predicted octanol–water partition coefficient (Wildman–Crippen LogP) is 2.27. The quantitative estimate of drug-likeness (QED) is 0.570. The smallest absolute Gasteiger partial charge is 0.00643 e. The normalized spacial score (nSPS) is 24.6. The summed E-state index contributed by atoms with van der Waals surface area (Å²) in [6.07, 6.45) is 5.60. The largest absolute Gasteiger partial charge is 0.301 e. The molecule has 1 saturated heterocycles. The van der Waals surface area contributed by atoms with E-state index in [4.69, 9.17) is 0 Å². The van der Waals surface area contributed by atoms with Gasteiger partial charge in [-0.1, -0.05) is 13.3 Å². The Kier molecular flexibility index (Phi) is 3.20. The van der Waals surface area contributed by atoms with Crippen LogP contribution in [0.5, 0.6) is 0 Å². The third kappa shape index (κ3) is 1.98. The molecule has 1 nitrogen and oxygen atoms in total. The Bertz CT molecular complexity index is 84.7. The van der Waals surface area contributed by atoms with Crippen LogP contribution in [0.25, 0.3) is 0 Å². The van der Waals surface area contributed by atoms with Gasteiger partial charge in [-0.15, -0.1) is 0 Å². The van der Waals surface area contributed by atoms with Gasteiger partial charge in [-0.3, -0.25) is 0 Å². The maximum atomic E-state index is 2.61. The third-order valence-corrected chi connectivity index (χ3v) is 2.60. The Morgan fingerprint density at radius 1 is 1.20 bits per heavy atom. The molecule has 1 fully saturated rings. The highest BCUT2D eigenvalue weighted by molar-refractivity contribution is 4.69. The van der Waals surface area contributed by atoms with E-state index in [0.717, 1.165) is 6.04 Å². The molecule has 1 unspecified atom stereocenters. The molecule has 0 spiro atoms. The number of rotatable bonds is 2. The van der Waals surface area contributed by atoms with E-state index in [0.29, 0.717) is 0 Å². The molecule has 0 radical (unpaired) electrons. The van der Waals surface area contributed by atoms with Gasteiger partial charge < -0.3 is 4.90 Å². The Labute approximate surface area is 64.4 Å². The van der Waals surface area contributed by atoms with Crippen molar-refractivity contribution in [3.63, 3.8) is 0 Å². The summed E-state index contributed by atoms with van der Waals surface area (Å²) in [6.45, 7) is 7.30. The molecule has 0 N–H and O–H groups in total. The van der Waals surface area contributed by atoms with E-state index in [1.807, 2.05) is 0 Å². The molecule has 0 saturated carbocycles. The predicted molar refractivity (Wildman–Crippen MR) is 45.2 cm³/mol. The summed E-state index contributed by atoms with van der Waals surface area (Å²) in [5.41, 5.74) is 0. The summed E-state index contributed by atoms with van der Waals surface area (Å²) in [5, 5.41) is 0. The zero-order chi connectivity index (χ0) is 7.40. The fourth-order valence-electron chi connectivity index (χ4n) is 1.62. The first-order chi connectivity index (χ1) is 4.84. The van der Waals surface area contributed by atoms with E-state index in [9.17, 15) is 0 Å². The van der Waals surface area contributed by atoms with Crippen LogP contribution < -0.4 is 0 Å². The zero-order valence-corrected chi connectivity index (χ0v) is 7.27. The van der Waals surface area contributed by atoms with Crippen molar-refractivity contribution in [2.45, 2.75) is 45.6 Å². The number of hydrogen-bond acceptors (Lipinski definition) is 1. The topological polar surface area (TPSA) is 3.24 Å². The summed E-state index contributed by atoms with van der Waals surface area (Å²) < 4.78 is 0. The van der Waals surface area contributed by atoms with Gasteiger partial charge in [0.15, 0.2) is 0 Å². The van der Waals surface area contributed by atoms with Crippen LogP contribution in [0.3, 0.4) is 0 Å². The van der Waals surface area contributed by atoms with Gasteiger partial charge in [-0.05, 0) is 39.3 Å². The van der Waals surface area contributed by atoms with Gasteiger partial charge >= 0.3 is 0 Å². The Balaban J connectivity index is 2.24. The SMILES string of the molecule is CCC(C)N1CCCCC1. The molecular formula is C9H19N. The minimum atomic E-state index is 0.820. The van der Waals surface area contributed by atoms with Crippen LogP contribution in [-0.2, 0) is 0 Å². The number of piperidine rings is 1. The van der Waals surface area contributed by atoms with Gasteiger partial charge in [0.25, 0.3) is 0 Å². The highest BCUT2D eigenvalue weighted by atomic mass is 15.1. The van der Waals surface area contributed by atoms with Gasteiger partial charge in [0.2, 0.25) is 0 Å².